The number of hydrogen-bond acceptors (Lipinski definition) is 3. The largest absolute Gasteiger partial charge is 0.416 e. The fraction of sp³-hybridized carbons (Fsp3) is 0.571. The average Bonchev–Trinajstić information content (AvgIpc) is 2.36. The van der Waals surface area contributed by atoms with Crippen LogP contribution in [0.5, 0.6) is 0 Å². The minimum atomic E-state index is -4.48. The Balaban J connectivity index is 2.18. The molecule has 0 amide bonds. The average molecular weight is 337 g/mol. The van der Waals surface area contributed by atoms with E-state index in [0.29, 0.717) is 0 Å². The molecule has 0 saturated carbocycles. The molecule has 2 rings (SSSR count). The smallest absolute Gasteiger partial charge is 0.373 e. The second-order valence-electron chi connectivity index (χ2n) is 5.53. The molecular formula is C14H18F3NO3S. The summed E-state index contributed by atoms with van der Waals surface area (Å²) in [4.78, 5) is 0. The second-order valence-corrected chi connectivity index (χ2v) is 7.50. The summed E-state index contributed by atoms with van der Waals surface area (Å²) in [7, 11) is -3.68. The van der Waals surface area contributed by atoms with Crippen molar-refractivity contribution in [1.82, 2.24) is 4.31 Å². The van der Waals surface area contributed by atoms with Gasteiger partial charge in [-0.25, -0.2) is 8.42 Å². The van der Waals surface area contributed by atoms with E-state index < -0.39 is 27.5 Å². The molecule has 0 N–H and O–H groups in total. The third kappa shape index (κ3) is 4.21. The molecule has 0 aliphatic carbocycles. The highest BCUT2D eigenvalue weighted by Gasteiger charge is 2.33. The molecule has 124 valence electrons. The van der Waals surface area contributed by atoms with E-state index in [1.165, 1.54) is 16.4 Å². The number of sulfonamides is 1. The number of hydrogen-bond donors (Lipinski definition) is 0. The maximum Gasteiger partial charge on any atom is 0.416 e. The first-order chi connectivity index (χ1) is 10.1. The van der Waals surface area contributed by atoms with Gasteiger partial charge in [-0.1, -0.05) is 18.2 Å². The number of alkyl halides is 3. The summed E-state index contributed by atoms with van der Waals surface area (Å²) in [6.07, 6.45) is -4.96. The van der Waals surface area contributed by atoms with Gasteiger partial charge in [-0.15, -0.1) is 0 Å². The summed E-state index contributed by atoms with van der Waals surface area (Å²) in [5.41, 5.74) is -0.717. The zero-order valence-corrected chi connectivity index (χ0v) is 13.1. The third-order valence-electron chi connectivity index (χ3n) is 3.38. The first-order valence-electron chi connectivity index (χ1n) is 6.87. The Morgan fingerprint density at radius 3 is 2.36 bits per heavy atom. The van der Waals surface area contributed by atoms with E-state index in [2.05, 4.69) is 0 Å². The van der Waals surface area contributed by atoms with Gasteiger partial charge in [-0.2, -0.15) is 17.5 Å². The van der Waals surface area contributed by atoms with E-state index in [0.717, 1.165) is 12.1 Å². The highest BCUT2D eigenvalue weighted by atomic mass is 32.2. The molecule has 4 nitrogen and oxygen atoms in total. The highest BCUT2D eigenvalue weighted by Crippen LogP contribution is 2.30. The summed E-state index contributed by atoms with van der Waals surface area (Å²) in [6, 6.07) is 4.41. The molecule has 0 unspecified atom stereocenters. The van der Waals surface area contributed by atoms with Crippen LogP contribution in [0.25, 0.3) is 0 Å². The van der Waals surface area contributed by atoms with E-state index in [1.54, 1.807) is 13.8 Å². The van der Waals surface area contributed by atoms with Gasteiger partial charge in [0.1, 0.15) is 0 Å². The Morgan fingerprint density at radius 1 is 1.23 bits per heavy atom. The Morgan fingerprint density at radius 2 is 1.82 bits per heavy atom. The lowest BCUT2D eigenvalue weighted by molar-refractivity contribution is -0.137. The predicted octanol–water partition coefficient (Wildman–Crippen LogP) is 2.64. The molecule has 1 aromatic rings. The van der Waals surface area contributed by atoms with Crippen molar-refractivity contribution in [1.29, 1.82) is 0 Å². The number of benzene rings is 1. The Labute approximate surface area is 127 Å². The Hall–Kier alpha value is -1.12. The molecule has 0 bridgehead atoms. The molecule has 1 saturated heterocycles. The monoisotopic (exact) mass is 337 g/mol. The molecule has 0 aromatic heterocycles. The van der Waals surface area contributed by atoms with Gasteiger partial charge in [-0.3, -0.25) is 0 Å². The molecule has 2 atom stereocenters. The zero-order chi connectivity index (χ0) is 16.5. The third-order valence-corrected chi connectivity index (χ3v) is 5.17. The summed E-state index contributed by atoms with van der Waals surface area (Å²) in [6.45, 7) is 3.96. The Bertz CT molecular complexity index is 620. The standard InChI is InChI=1S/C14H18F3NO3S/c1-10-7-18(8-11(2)21-10)22(19,20)9-12-4-3-5-13(6-12)14(15,16)17/h3-6,10-11H,7-9H2,1-2H3/t10-,11+. The SMILES string of the molecule is C[C@@H]1CN(S(=O)(=O)Cc2cccc(C(F)(F)F)c2)C[C@H](C)O1. The van der Waals surface area contributed by atoms with Crippen molar-refractivity contribution < 1.29 is 26.3 Å². The van der Waals surface area contributed by atoms with Gasteiger partial charge in [0, 0.05) is 13.1 Å². The van der Waals surface area contributed by atoms with Crippen LogP contribution in [0, 0.1) is 0 Å². The van der Waals surface area contributed by atoms with Crippen molar-refractivity contribution in [2.75, 3.05) is 13.1 Å². The molecule has 8 heteroatoms. The van der Waals surface area contributed by atoms with Gasteiger partial charge in [0.2, 0.25) is 10.0 Å². The molecule has 0 radical (unpaired) electrons. The summed E-state index contributed by atoms with van der Waals surface area (Å²) in [5.74, 6) is -0.448. The van der Waals surface area contributed by atoms with Crippen LogP contribution in [0.1, 0.15) is 25.0 Å². The minimum absolute atomic E-state index is 0.127. The number of rotatable bonds is 3. The number of ether oxygens (including phenoxy) is 1. The molecule has 1 aromatic carbocycles. The highest BCUT2D eigenvalue weighted by molar-refractivity contribution is 7.88. The van der Waals surface area contributed by atoms with Crippen LogP contribution in [0.15, 0.2) is 24.3 Å². The van der Waals surface area contributed by atoms with E-state index in [1.807, 2.05) is 0 Å². The summed E-state index contributed by atoms with van der Waals surface area (Å²) < 4.78 is 69.6. The van der Waals surface area contributed by atoms with E-state index >= 15 is 0 Å². The Kier molecular flexibility index (Phi) is 4.84. The van der Waals surface area contributed by atoms with Gasteiger partial charge in [0.25, 0.3) is 0 Å². The van der Waals surface area contributed by atoms with Crippen LogP contribution < -0.4 is 0 Å². The van der Waals surface area contributed by atoms with Crippen LogP contribution in [-0.4, -0.2) is 38.0 Å². The van der Waals surface area contributed by atoms with Gasteiger partial charge in [0.15, 0.2) is 0 Å². The van der Waals surface area contributed by atoms with Crippen molar-refractivity contribution in [2.45, 2.75) is 38.0 Å². The van der Waals surface area contributed by atoms with Gasteiger partial charge in [0.05, 0.1) is 23.5 Å². The van der Waals surface area contributed by atoms with Gasteiger partial charge in [-0.05, 0) is 25.5 Å². The molecule has 1 fully saturated rings. The maximum absolute atomic E-state index is 12.7. The van der Waals surface area contributed by atoms with Gasteiger partial charge >= 0.3 is 6.18 Å². The van der Waals surface area contributed by atoms with E-state index in [4.69, 9.17) is 4.74 Å². The van der Waals surface area contributed by atoms with Crippen LogP contribution in [-0.2, 0) is 26.7 Å². The lowest BCUT2D eigenvalue weighted by Gasteiger charge is -2.34. The molecule has 1 heterocycles. The fourth-order valence-electron chi connectivity index (χ4n) is 2.50. The first kappa shape index (κ1) is 17.2. The normalized spacial score (nSPS) is 24.4. The number of halogens is 3. The van der Waals surface area contributed by atoms with Crippen molar-refractivity contribution in [3.63, 3.8) is 0 Å². The van der Waals surface area contributed by atoms with Crippen LogP contribution in [0.2, 0.25) is 0 Å². The first-order valence-corrected chi connectivity index (χ1v) is 8.48. The second kappa shape index (κ2) is 6.17. The van der Waals surface area contributed by atoms with Crippen LogP contribution in [0.4, 0.5) is 13.2 Å². The minimum Gasteiger partial charge on any atom is -0.373 e. The molecule has 1 aliphatic heterocycles. The van der Waals surface area contributed by atoms with E-state index in [9.17, 15) is 21.6 Å². The molecule has 1 aliphatic rings. The van der Waals surface area contributed by atoms with Gasteiger partial charge < -0.3 is 4.74 Å². The summed E-state index contributed by atoms with van der Waals surface area (Å²) in [5, 5.41) is 0. The van der Waals surface area contributed by atoms with Crippen molar-refractivity contribution in [3.05, 3.63) is 35.4 Å². The van der Waals surface area contributed by atoms with Crippen molar-refractivity contribution in [2.24, 2.45) is 0 Å². The molecule has 22 heavy (non-hydrogen) atoms. The number of morpholine rings is 1. The molecular weight excluding hydrogens is 319 g/mol. The zero-order valence-electron chi connectivity index (χ0n) is 12.3. The predicted molar refractivity (Wildman–Crippen MR) is 75.6 cm³/mol. The van der Waals surface area contributed by atoms with Crippen LogP contribution in [0.3, 0.4) is 0 Å². The van der Waals surface area contributed by atoms with E-state index in [-0.39, 0.29) is 30.9 Å². The lowest BCUT2D eigenvalue weighted by Crippen LogP contribution is -2.48. The topological polar surface area (TPSA) is 46.6 Å². The lowest BCUT2D eigenvalue weighted by atomic mass is 10.1. The maximum atomic E-state index is 12.7. The van der Waals surface area contributed by atoms with Crippen LogP contribution >= 0.6 is 0 Å². The fourth-order valence-corrected chi connectivity index (χ4v) is 4.15. The number of nitrogens with zero attached hydrogens (tertiary/aromatic N) is 1. The quantitative estimate of drug-likeness (QED) is 0.852. The van der Waals surface area contributed by atoms with Crippen molar-refractivity contribution >= 4 is 10.0 Å². The molecule has 0 spiro atoms. The van der Waals surface area contributed by atoms with Crippen molar-refractivity contribution in [3.8, 4) is 0 Å². The summed E-state index contributed by atoms with van der Waals surface area (Å²) >= 11 is 0.